The van der Waals surface area contributed by atoms with Crippen molar-refractivity contribution in [3.05, 3.63) is 59.9 Å². The van der Waals surface area contributed by atoms with Crippen molar-refractivity contribution < 1.29 is 22.7 Å². The smallest absolute Gasteiger partial charge is 0.387 e. The molecule has 2 rings (SSSR count). The van der Waals surface area contributed by atoms with Gasteiger partial charge in [0.25, 0.3) is 0 Å². The number of nitrogens with one attached hydrogen (secondary N) is 1. The van der Waals surface area contributed by atoms with Gasteiger partial charge in [-0.2, -0.15) is 8.78 Å². The number of urea groups is 1. The van der Waals surface area contributed by atoms with Crippen molar-refractivity contribution >= 4 is 11.7 Å². The summed E-state index contributed by atoms with van der Waals surface area (Å²) in [5.41, 5.74) is 1.23. The number of benzene rings is 2. The van der Waals surface area contributed by atoms with Crippen LogP contribution in [0.3, 0.4) is 0 Å². The minimum absolute atomic E-state index is 0.0576. The normalized spacial score (nSPS) is 10.5. The summed E-state index contributed by atoms with van der Waals surface area (Å²) in [6.45, 7) is -2.59. The maximum Gasteiger partial charge on any atom is 0.387 e. The van der Waals surface area contributed by atoms with Gasteiger partial charge >= 0.3 is 12.6 Å². The Morgan fingerprint density at radius 3 is 2.30 bits per heavy atom. The van der Waals surface area contributed by atoms with E-state index in [1.165, 1.54) is 41.3 Å². The lowest BCUT2D eigenvalue weighted by Crippen LogP contribution is -2.30. The fourth-order valence-electron chi connectivity index (χ4n) is 1.87. The Labute approximate surface area is 131 Å². The number of halogens is 3. The number of carbonyl (C=O) groups is 1. The molecule has 0 heterocycles. The lowest BCUT2D eigenvalue weighted by Gasteiger charge is -2.18. The summed E-state index contributed by atoms with van der Waals surface area (Å²) >= 11 is 0. The molecule has 23 heavy (non-hydrogen) atoms. The van der Waals surface area contributed by atoms with E-state index >= 15 is 0 Å². The molecule has 1 N–H and O–H groups in total. The molecule has 4 nitrogen and oxygen atoms in total. The molecule has 2 amide bonds. The van der Waals surface area contributed by atoms with Gasteiger partial charge in [0.1, 0.15) is 11.6 Å². The van der Waals surface area contributed by atoms with Gasteiger partial charge in [0, 0.05) is 19.3 Å². The Morgan fingerprint density at radius 1 is 1.13 bits per heavy atom. The molecule has 0 atom stereocenters. The second-order valence-electron chi connectivity index (χ2n) is 4.82. The number of nitrogens with zero attached hydrogens (tertiary/aromatic N) is 1. The fraction of sp³-hybridized carbons (Fsp3) is 0.188. The van der Waals surface area contributed by atoms with Crippen molar-refractivity contribution in [2.75, 3.05) is 12.4 Å². The average molecular weight is 324 g/mol. The van der Waals surface area contributed by atoms with E-state index in [-0.39, 0.29) is 24.1 Å². The number of ether oxygens (including phenoxy) is 1. The molecule has 0 saturated heterocycles. The van der Waals surface area contributed by atoms with E-state index in [1.54, 1.807) is 19.2 Å². The molecule has 2 aromatic carbocycles. The van der Waals surface area contributed by atoms with Gasteiger partial charge in [-0.15, -0.1) is 0 Å². The second-order valence-corrected chi connectivity index (χ2v) is 4.82. The zero-order chi connectivity index (χ0) is 16.8. The third-order valence-corrected chi connectivity index (χ3v) is 3.01. The van der Waals surface area contributed by atoms with Crippen LogP contribution in [-0.2, 0) is 6.54 Å². The van der Waals surface area contributed by atoms with E-state index in [2.05, 4.69) is 10.1 Å². The first kappa shape index (κ1) is 16.7. The molecule has 0 radical (unpaired) electrons. The van der Waals surface area contributed by atoms with Crippen LogP contribution in [0.15, 0.2) is 48.5 Å². The number of alkyl halides is 2. The number of carbonyl (C=O) groups excluding carboxylic acids is 1. The van der Waals surface area contributed by atoms with Crippen LogP contribution in [-0.4, -0.2) is 24.6 Å². The number of anilines is 1. The summed E-state index contributed by atoms with van der Waals surface area (Å²) < 4.78 is 41.2. The van der Waals surface area contributed by atoms with Gasteiger partial charge in [-0.1, -0.05) is 12.1 Å². The average Bonchev–Trinajstić information content (AvgIpc) is 2.51. The highest BCUT2D eigenvalue weighted by Gasteiger charge is 2.10. The van der Waals surface area contributed by atoms with Gasteiger partial charge < -0.3 is 15.0 Å². The predicted octanol–water partition coefficient (Wildman–Crippen LogP) is 4.09. The summed E-state index contributed by atoms with van der Waals surface area (Å²) in [5.74, 6) is -0.329. The Kier molecular flexibility index (Phi) is 5.46. The van der Waals surface area contributed by atoms with Crippen molar-refractivity contribution in [1.29, 1.82) is 0 Å². The number of hydrogen-bond acceptors (Lipinski definition) is 2. The number of rotatable bonds is 5. The Hall–Kier alpha value is -2.70. The zero-order valence-electron chi connectivity index (χ0n) is 12.3. The van der Waals surface area contributed by atoms with Gasteiger partial charge in [-0.3, -0.25) is 0 Å². The van der Waals surface area contributed by atoms with E-state index < -0.39 is 6.61 Å². The first-order valence-electron chi connectivity index (χ1n) is 6.75. The summed E-state index contributed by atoms with van der Waals surface area (Å²) in [7, 11) is 1.59. The lowest BCUT2D eigenvalue weighted by atomic mass is 10.2. The standard InChI is InChI=1S/C16H15F3N2O2/c1-21(16(22)20-13-6-4-12(17)5-7-13)10-11-2-8-14(9-3-11)23-15(18)19/h2-9,15H,10H2,1H3,(H,20,22). The first-order valence-corrected chi connectivity index (χ1v) is 6.75. The van der Waals surface area contributed by atoms with Crippen molar-refractivity contribution in [2.45, 2.75) is 13.2 Å². The summed E-state index contributed by atoms with van der Waals surface area (Å²) in [6, 6.07) is 11.0. The van der Waals surface area contributed by atoms with E-state index in [9.17, 15) is 18.0 Å². The predicted molar refractivity (Wildman–Crippen MR) is 80.0 cm³/mol. The topological polar surface area (TPSA) is 41.6 Å². The molecule has 0 aliphatic carbocycles. The SMILES string of the molecule is CN(Cc1ccc(OC(F)F)cc1)C(=O)Nc1ccc(F)cc1. The maximum atomic E-state index is 12.8. The van der Waals surface area contributed by atoms with Gasteiger partial charge in [0.2, 0.25) is 0 Å². The van der Waals surface area contributed by atoms with Crippen molar-refractivity contribution in [3.63, 3.8) is 0 Å². The highest BCUT2D eigenvalue weighted by atomic mass is 19.3. The molecule has 0 aliphatic rings. The van der Waals surface area contributed by atoms with E-state index in [1.807, 2.05) is 0 Å². The van der Waals surface area contributed by atoms with Gasteiger partial charge in [0.05, 0.1) is 0 Å². The number of hydrogen-bond donors (Lipinski definition) is 1. The fourth-order valence-corrected chi connectivity index (χ4v) is 1.87. The van der Waals surface area contributed by atoms with Crippen molar-refractivity contribution in [3.8, 4) is 5.75 Å². The third kappa shape index (κ3) is 5.21. The Balaban J connectivity index is 1.91. The molecule has 0 saturated carbocycles. The molecular weight excluding hydrogens is 309 g/mol. The maximum absolute atomic E-state index is 12.8. The molecule has 0 aromatic heterocycles. The van der Waals surface area contributed by atoms with Gasteiger partial charge in [-0.25, -0.2) is 9.18 Å². The van der Waals surface area contributed by atoms with Crippen LogP contribution < -0.4 is 10.1 Å². The monoisotopic (exact) mass is 324 g/mol. The third-order valence-electron chi connectivity index (χ3n) is 3.01. The van der Waals surface area contributed by atoms with Crippen molar-refractivity contribution in [1.82, 2.24) is 4.90 Å². The molecule has 0 bridgehead atoms. The van der Waals surface area contributed by atoms with E-state index in [0.29, 0.717) is 5.69 Å². The second kappa shape index (κ2) is 7.53. The molecule has 122 valence electrons. The first-order chi connectivity index (χ1) is 10.9. The molecule has 0 unspecified atom stereocenters. The van der Waals surface area contributed by atoms with E-state index in [0.717, 1.165) is 5.56 Å². The zero-order valence-corrected chi connectivity index (χ0v) is 12.3. The molecule has 0 fully saturated rings. The van der Waals surface area contributed by atoms with Crippen molar-refractivity contribution in [2.24, 2.45) is 0 Å². The highest BCUT2D eigenvalue weighted by Crippen LogP contribution is 2.16. The summed E-state index contributed by atoms with van der Waals surface area (Å²) in [5, 5.41) is 2.62. The summed E-state index contributed by atoms with van der Waals surface area (Å²) in [4.78, 5) is 13.4. The summed E-state index contributed by atoms with van der Waals surface area (Å²) in [6.07, 6.45) is 0. The Bertz CT molecular complexity index is 645. The van der Waals surface area contributed by atoms with Crippen LogP contribution in [0.4, 0.5) is 23.7 Å². The quantitative estimate of drug-likeness (QED) is 0.900. The van der Waals surface area contributed by atoms with Crippen LogP contribution in [0, 0.1) is 5.82 Å². The highest BCUT2D eigenvalue weighted by molar-refractivity contribution is 5.89. The molecule has 0 aliphatic heterocycles. The molecular formula is C16H15F3N2O2. The van der Waals surface area contributed by atoms with Crippen LogP contribution in [0.1, 0.15) is 5.56 Å². The minimum Gasteiger partial charge on any atom is -0.435 e. The lowest BCUT2D eigenvalue weighted by molar-refractivity contribution is -0.0498. The minimum atomic E-state index is -2.87. The molecule has 2 aromatic rings. The van der Waals surface area contributed by atoms with Gasteiger partial charge in [0.15, 0.2) is 0 Å². The Morgan fingerprint density at radius 2 is 1.74 bits per heavy atom. The van der Waals surface area contributed by atoms with Crippen LogP contribution in [0.2, 0.25) is 0 Å². The van der Waals surface area contributed by atoms with Gasteiger partial charge in [-0.05, 0) is 42.0 Å². The molecule has 0 spiro atoms. The van der Waals surface area contributed by atoms with E-state index in [4.69, 9.17) is 0 Å². The van der Waals surface area contributed by atoms with Crippen LogP contribution in [0.25, 0.3) is 0 Å². The largest absolute Gasteiger partial charge is 0.435 e. The number of amides is 2. The van der Waals surface area contributed by atoms with Crippen LogP contribution >= 0.6 is 0 Å². The van der Waals surface area contributed by atoms with Crippen LogP contribution in [0.5, 0.6) is 5.75 Å². The molecule has 7 heteroatoms.